The molecular weight excluding hydrogens is 490 g/mol. The number of carbonyl (C=O) groups excluding carboxylic acids is 2. The van der Waals surface area contributed by atoms with Gasteiger partial charge in [0.2, 0.25) is 21.8 Å². The molecule has 2 aromatic carbocycles. The summed E-state index contributed by atoms with van der Waals surface area (Å²) in [6.07, 6.45) is 1.91. The molecule has 0 aliphatic carbocycles. The first kappa shape index (κ1) is 28.5. The van der Waals surface area contributed by atoms with E-state index in [-0.39, 0.29) is 37.7 Å². The van der Waals surface area contributed by atoms with Gasteiger partial charge in [0.25, 0.3) is 0 Å². The van der Waals surface area contributed by atoms with Crippen LogP contribution in [-0.4, -0.2) is 58.1 Å². The standard InChI is InChI=1S/C25H34ClN3O5S/c1-6-22(25(31)27-3)28(17-19-9-7-10-21(15-19)34-4)24(30)11-8-14-29(35(5,32)33)23-16-20(26)13-12-18(23)2/h7,9-10,12-13,15-16,22H,6,8,11,14,17H2,1-5H3,(H,27,31)/t22-/m0/s1. The Kier molecular flexibility index (Phi) is 10.4. The summed E-state index contributed by atoms with van der Waals surface area (Å²) >= 11 is 6.10. The number of hydrogen-bond acceptors (Lipinski definition) is 5. The van der Waals surface area contributed by atoms with Crippen molar-refractivity contribution in [2.45, 2.75) is 45.7 Å². The van der Waals surface area contributed by atoms with Gasteiger partial charge in [-0.3, -0.25) is 13.9 Å². The molecule has 0 spiro atoms. The van der Waals surface area contributed by atoms with E-state index in [0.717, 1.165) is 17.4 Å². The molecule has 0 heterocycles. The van der Waals surface area contributed by atoms with E-state index in [1.165, 1.54) is 11.4 Å². The maximum absolute atomic E-state index is 13.3. The summed E-state index contributed by atoms with van der Waals surface area (Å²) in [7, 11) is -0.494. The first-order chi connectivity index (χ1) is 16.5. The van der Waals surface area contributed by atoms with E-state index in [4.69, 9.17) is 16.3 Å². The molecule has 2 aromatic rings. The highest BCUT2D eigenvalue weighted by Crippen LogP contribution is 2.27. The number of sulfonamides is 1. The molecule has 10 heteroatoms. The van der Waals surface area contributed by atoms with Crippen molar-refractivity contribution in [1.82, 2.24) is 10.2 Å². The molecule has 0 bridgehead atoms. The number of anilines is 1. The third kappa shape index (κ3) is 7.86. The molecule has 0 unspecified atom stereocenters. The number of nitrogens with one attached hydrogen (secondary N) is 1. The minimum Gasteiger partial charge on any atom is -0.497 e. The second-order valence-corrected chi connectivity index (χ2v) is 10.6. The van der Waals surface area contributed by atoms with E-state index in [9.17, 15) is 18.0 Å². The molecule has 192 valence electrons. The number of halogens is 1. The first-order valence-electron chi connectivity index (χ1n) is 11.4. The third-order valence-corrected chi connectivity index (χ3v) is 7.13. The summed E-state index contributed by atoms with van der Waals surface area (Å²) in [4.78, 5) is 27.4. The van der Waals surface area contributed by atoms with E-state index in [0.29, 0.717) is 22.9 Å². The van der Waals surface area contributed by atoms with Crippen molar-refractivity contribution in [1.29, 1.82) is 0 Å². The number of ether oxygens (including phenoxy) is 1. The van der Waals surface area contributed by atoms with Gasteiger partial charge in [0, 0.05) is 31.6 Å². The molecule has 1 N–H and O–H groups in total. The van der Waals surface area contributed by atoms with Crippen LogP contribution in [0.5, 0.6) is 5.75 Å². The smallest absolute Gasteiger partial charge is 0.242 e. The maximum Gasteiger partial charge on any atom is 0.242 e. The average molecular weight is 524 g/mol. The predicted octanol–water partition coefficient (Wildman–Crippen LogP) is 3.76. The van der Waals surface area contributed by atoms with E-state index in [1.54, 1.807) is 37.1 Å². The Morgan fingerprint density at radius 2 is 1.89 bits per heavy atom. The third-order valence-electron chi connectivity index (χ3n) is 5.71. The number of likely N-dealkylation sites (N-methyl/N-ethyl adjacent to an activating group) is 1. The lowest BCUT2D eigenvalue weighted by molar-refractivity contribution is -0.141. The number of nitrogens with zero attached hydrogens (tertiary/aromatic N) is 2. The summed E-state index contributed by atoms with van der Waals surface area (Å²) in [5, 5.41) is 3.06. The molecule has 0 aliphatic rings. The first-order valence-corrected chi connectivity index (χ1v) is 13.6. The Hall–Kier alpha value is -2.78. The van der Waals surface area contributed by atoms with Crippen LogP contribution in [0.1, 0.15) is 37.3 Å². The van der Waals surface area contributed by atoms with Crippen LogP contribution in [0.2, 0.25) is 5.02 Å². The summed E-state index contributed by atoms with van der Waals surface area (Å²) in [6.45, 7) is 3.99. The Labute approximate surface area is 213 Å². The molecule has 2 rings (SSSR count). The fourth-order valence-electron chi connectivity index (χ4n) is 3.89. The lowest BCUT2D eigenvalue weighted by Gasteiger charge is -2.31. The minimum atomic E-state index is -3.60. The molecule has 0 aromatic heterocycles. The van der Waals surface area contributed by atoms with Crippen molar-refractivity contribution in [2.75, 3.05) is 31.3 Å². The highest BCUT2D eigenvalue weighted by Gasteiger charge is 2.28. The highest BCUT2D eigenvalue weighted by atomic mass is 35.5. The fraction of sp³-hybridized carbons (Fsp3) is 0.440. The topological polar surface area (TPSA) is 96.0 Å². The van der Waals surface area contributed by atoms with E-state index in [2.05, 4.69) is 5.32 Å². The average Bonchev–Trinajstić information content (AvgIpc) is 2.82. The van der Waals surface area contributed by atoms with E-state index < -0.39 is 16.1 Å². The lowest BCUT2D eigenvalue weighted by Crippen LogP contribution is -2.48. The monoisotopic (exact) mass is 523 g/mol. The van der Waals surface area contributed by atoms with E-state index in [1.807, 2.05) is 31.2 Å². The largest absolute Gasteiger partial charge is 0.497 e. The van der Waals surface area contributed by atoms with Crippen LogP contribution in [-0.2, 0) is 26.2 Å². The molecule has 0 saturated carbocycles. The second kappa shape index (κ2) is 12.8. The molecule has 0 fully saturated rings. The molecular formula is C25H34ClN3O5S. The fourth-order valence-corrected chi connectivity index (χ4v) is 5.07. The number of rotatable bonds is 12. The number of methoxy groups -OCH3 is 1. The van der Waals surface area contributed by atoms with Crippen molar-refractivity contribution in [2.24, 2.45) is 0 Å². The zero-order valence-corrected chi connectivity index (χ0v) is 22.4. The van der Waals surface area contributed by atoms with Gasteiger partial charge in [-0.05, 0) is 55.2 Å². The molecule has 8 nitrogen and oxygen atoms in total. The van der Waals surface area contributed by atoms with Gasteiger partial charge in [-0.2, -0.15) is 0 Å². The summed E-state index contributed by atoms with van der Waals surface area (Å²) < 4.78 is 31.6. The zero-order valence-electron chi connectivity index (χ0n) is 20.9. The molecule has 2 amide bonds. The molecule has 0 radical (unpaired) electrons. The number of aryl methyl sites for hydroxylation is 1. The number of amides is 2. The van der Waals surface area contributed by atoms with Crippen LogP contribution in [0.4, 0.5) is 5.69 Å². The van der Waals surface area contributed by atoms with Crippen molar-refractivity contribution in [3.05, 3.63) is 58.6 Å². The van der Waals surface area contributed by atoms with Crippen LogP contribution < -0.4 is 14.4 Å². The molecule has 1 atom stereocenters. The quantitative estimate of drug-likeness (QED) is 0.457. The Morgan fingerprint density at radius 1 is 1.17 bits per heavy atom. The van der Waals surface area contributed by atoms with Crippen LogP contribution in [0.25, 0.3) is 0 Å². The Balaban J connectivity index is 2.24. The summed E-state index contributed by atoms with van der Waals surface area (Å²) in [5.41, 5.74) is 2.07. The number of carbonyl (C=O) groups is 2. The van der Waals surface area contributed by atoms with Gasteiger partial charge in [0.15, 0.2) is 0 Å². The van der Waals surface area contributed by atoms with Gasteiger partial charge < -0.3 is 15.0 Å². The van der Waals surface area contributed by atoms with Crippen molar-refractivity contribution >= 4 is 39.1 Å². The van der Waals surface area contributed by atoms with Crippen LogP contribution >= 0.6 is 11.6 Å². The highest BCUT2D eigenvalue weighted by molar-refractivity contribution is 7.92. The molecule has 0 saturated heterocycles. The van der Waals surface area contributed by atoms with Crippen molar-refractivity contribution in [3.63, 3.8) is 0 Å². The number of benzene rings is 2. The van der Waals surface area contributed by atoms with Crippen LogP contribution in [0.15, 0.2) is 42.5 Å². The van der Waals surface area contributed by atoms with Gasteiger partial charge in [-0.25, -0.2) is 8.42 Å². The normalized spacial score (nSPS) is 12.1. The second-order valence-electron chi connectivity index (χ2n) is 8.28. The van der Waals surface area contributed by atoms with Gasteiger partial charge in [0.05, 0.1) is 19.1 Å². The van der Waals surface area contributed by atoms with E-state index >= 15 is 0 Å². The maximum atomic E-state index is 13.3. The van der Waals surface area contributed by atoms with Gasteiger partial charge in [-0.1, -0.05) is 36.7 Å². The molecule has 0 aliphatic heterocycles. The lowest BCUT2D eigenvalue weighted by atomic mass is 10.1. The molecule has 35 heavy (non-hydrogen) atoms. The summed E-state index contributed by atoms with van der Waals surface area (Å²) in [6, 6.07) is 11.7. The van der Waals surface area contributed by atoms with Crippen molar-refractivity contribution < 1.29 is 22.7 Å². The zero-order chi connectivity index (χ0) is 26.2. The minimum absolute atomic E-state index is 0.0725. The number of hydrogen-bond donors (Lipinski definition) is 1. The van der Waals surface area contributed by atoms with Gasteiger partial charge in [0.1, 0.15) is 11.8 Å². The summed E-state index contributed by atoms with van der Waals surface area (Å²) in [5.74, 6) is 0.166. The van der Waals surface area contributed by atoms with Gasteiger partial charge in [-0.15, -0.1) is 0 Å². The van der Waals surface area contributed by atoms with Crippen LogP contribution in [0.3, 0.4) is 0 Å². The predicted molar refractivity (Wildman–Crippen MR) is 139 cm³/mol. The van der Waals surface area contributed by atoms with Gasteiger partial charge >= 0.3 is 0 Å². The Morgan fingerprint density at radius 3 is 2.49 bits per heavy atom. The SMILES string of the molecule is CC[C@@H](C(=O)NC)N(Cc1cccc(OC)c1)C(=O)CCCN(c1cc(Cl)ccc1C)S(C)(=O)=O. The van der Waals surface area contributed by atoms with Crippen LogP contribution in [0, 0.1) is 6.92 Å². The van der Waals surface area contributed by atoms with Crippen molar-refractivity contribution in [3.8, 4) is 5.75 Å². The Bertz CT molecular complexity index is 1140.